The Balaban J connectivity index is 1.68. The lowest BCUT2D eigenvalue weighted by molar-refractivity contribution is -0.392. The van der Waals surface area contributed by atoms with Crippen LogP contribution in [0.15, 0.2) is 54.1 Å². The fraction of sp³-hybridized carbons (Fsp3) is 0.618. The molecular formula is C34H42O10. The number of carbonyl (C=O) groups is 3. The van der Waals surface area contributed by atoms with Gasteiger partial charge in [0.05, 0.1) is 35.2 Å². The molecule has 2 saturated heterocycles. The summed E-state index contributed by atoms with van der Waals surface area (Å²) in [5.74, 6) is -2.42. The van der Waals surface area contributed by atoms with E-state index in [1.807, 2.05) is 19.9 Å². The van der Waals surface area contributed by atoms with Gasteiger partial charge in [0.25, 0.3) is 0 Å². The topological polar surface area (TPSA) is 127 Å². The van der Waals surface area contributed by atoms with E-state index in [1.165, 1.54) is 13.8 Å². The maximum absolute atomic E-state index is 14.1. The monoisotopic (exact) mass is 610 g/mol. The summed E-state index contributed by atoms with van der Waals surface area (Å²) in [6, 6.07) is 8.64. The molecule has 238 valence electrons. The van der Waals surface area contributed by atoms with Gasteiger partial charge >= 0.3 is 17.9 Å². The first-order valence-electron chi connectivity index (χ1n) is 15.3. The zero-order chi connectivity index (χ0) is 31.8. The van der Waals surface area contributed by atoms with E-state index in [4.69, 9.17) is 28.4 Å². The molecule has 0 radical (unpaired) electrons. The van der Waals surface area contributed by atoms with Crippen LogP contribution in [0.5, 0.6) is 0 Å². The molecule has 6 rings (SSSR count). The Morgan fingerprint density at radius 1 is 1.07 bits per heavy atom. The number of benzene rings is 1. The Bertz CT molecular complexity index is 1400. The number of hydrogen-bond donors (Lipinski definition) is 1. The fourth-order valence-corrected chi connectivity index (χ4v) is 9.14. The van der Waals surface area contributed by atoms with Crippen LogP contribution < -0.4 is 0 Å². The number of hydrogen-bond acceptors (Lipinski definition) is 10. The van der Waals surface area contributed by atoms with Gasteiger partial charge in [-0.2, -0.15) is 0 Å². The molecule has 2 aliphatic heterocycles. The first-order valence-corrected chi connectivity index (χ1v) is 15.3. The van der Waals surface area contributed by atoms with E-state index in [9.17, 15) is 19.5 Å². The van der Waals surface area contributed by atoms with Gasteiger partial charge in [-0.15, -0.1) is 0 Å². The van der Waals surface area contributed by atoms with Gasteiger partial charge in [-0.1, -0.05) is 37.3 Å². The van der Waals surface area contributed by atoms with Gasteiger partial charge in [0, 0.05) is 25.7 Å². The normalized spacial score (nSPS) is 40.8. The van der Waals surface area contributed by atoms with Gasteiger partial charge < -0.3 is 33.5 Å². The average molecular weight is 611 g/mol. The zero-order valence-corrected chi connectivity index (χ0v) is 26.2. The van der Waals surface area contributed by atoms with Crippen molar-refractivity contribution in [1.29, 1.82) is 0 Å². The molecule has 1 aromatic rings. The molecule has 4 fully saturated rings. The highest BCUT2D eigenvalue weighted by Crippen LogP contribution is 2.69. The third-order valence-corrected chi connectivity index (χ3v) is 10.9. The van der Waals surface area contributed by atoms with Crippen LogP contribution >= 0.6 is 0 Å². The van der Waals surface area contributed by atoms with E-state index >= 15 is 0 Å². The number of fused-ring (bicyclic) bond motifs is 3. The van der Waals surface area contributed by atoms with Crippen LogP contribution in [0.25, 0.3) is 0 Å². The van der Waals surface area contributed by atoms with Crippen LogP contribution in [0.1, 0.15) is 71.2 Å². The van der Waals surface area contributed by atoms with E-state index in [-0.39, 0.29) is 6.61 Å². The van der Waals surface area contributed by atoms with Gasteiger partial charge in [-0.25, -0.2) is 4.79 Å². The summed E-state index contributed by atoms with van der Waals surface area (Å²) in [5, 5.41) is 12.3. The van der Waals surface area contributed by atoms with Crippen molar-refractivity contribution in [3.63, 3.8) is 0 Å². The van der Waals surface area contributed by atoms with Crippen molar-refractivity contribution in [3.8, 4) is 0 Å². The number of aliphatic hydroxyl groups is 1. The summed E-state index contributed by atoms with van der Waals surface area (Å²) in [6.45, 7) is 13.9. The van der Waals surface area contributed by atoms with Crippen LogP contribution in [0.2, 0.25) is 0 Å². The van der Waals surface area contributed by atoms with Crippen LogP contribution in [0, 0.1) is 16.7 Å². The van der Waals surface area contributed by atoms with Gasteiger partial charge in [0.2, 0.25) is 0 Å². The Kier molecular flexibility index (Phi) is 7.39. The molecule has 2 saturated carbocycles. The van der Waals surface area contributed by atoms with Crippen molar-refractivity contribution in [2.45, 2.75) is 109 Å². The first-order chi connectivity index (χ1) is 20.7. The van der Waals surface area contributed by atoms with Crippen molar-refractivity contribution >= 4 is 17.9 Å². The Labute approximate surface area is 257 Å². The highest BCUT2D eigenvalue weighted by Gasteiger charge is 2.80. The van der Waals surface area contributed by atoms with Crippen molar-refractivity contribution in [1.82, 2.24) is 0 Å². The average Bonchev–Trinajstić information content (AvgIpc) is 3.27. The van der Waals surface area contributed by atoms with Gasteiger partial charge in [-0.05, 0) is 57.4 Å². The van der Waals surface area contributed by atoms with E-state index in [0.29, 0.717) is 30.4 Å². The lowest BCUT2D eigenvalue weighted by Gasteiger charge is -2.67. The number of carbonyl (C=O) groups excluding carboxylic acids is 3. The minimum absolute atomic E-state index is 0.0550. The Morgan fingerprint density at radius 2 is 1.77 bits per heavy atom. The van der Waals surface area contributed by atoms with E-state index in [0.717, 1.165) is 5.57 Å². The third-order valence-electron chi connectivity index (χ3n) is 10.9. The molecule has 44 heavy (non-hydrogen) atoms. The van der Waals surface area contributed by atoms with E-state index in [2.05, 4.69) is 6.58 Å². The molecule has 10 nitrogen and oxygen atoms in total. The molecule has 10 heteroatoms. The second-order valence-electron chi connectivity index (χ2n) is 13.7. The fourth-order valence-electron chi connectivity index (χ4n) is 9.14. The summed E-state index contributed by atoms with van der Waals surface area (Å²) in [6.07, 6.45) is -1.99. The molecule has 0 aromatic heterocycles. The predicted molar refractivity (Wildman–Crippen MR) is 156 cm³/mol. The van der Waals surface area contributed by atoms with Crippen LogP contribution in [-0.2, 0) is 38.0 Å². The molecule has 0 bridgehead atoms. The predicted octanol–water partition coefficient (Wildman–Crippen LogP) is 4.05. The van der Waals surface area contributed by atoms with Crippen LogP contribution in [0.3, 0.4) is 0 Å². The highest BCUT2D eigenvalue weighted by molar-refractivity contribution is 5.89. The largest absolute Gasteiger partial charge is 0.457 e. The van der Waals surface area contributed by atoms with Gasteiger partial charge in [0.15, 0.2) is 18.0 Å². The maximum atomic E-state index is 14.1. The third kappa shape index (κ3) is 4.25. The quantitative estimate of drug-likeness (QED) is 0.286. The molecule has 3 aliphatic carbocycles. The summed E-state index contributed by atoms with van der Waals surface area (Å²) < 4.78 is 38.3. The summed E-state index contributed by atoms with van der Waals surface area (Å²) >= 11 is 0. The molecule has 10 atom stereocenters. The Hall–Kier alpha value is -3.05. The van der Waals surface area contributed by atoms with Crippen LogP contribution in [0.4, 0.5) is 0 Å². The van der Waals surface area contributed by atoms with Crippen LogP contribution in [-0.4, -0.2) is 77.6 Å². The zero-order valence-electron chi connectivity index (χ0n) is 26.2. The summed E-state index contributed by atoms with van der Waals surface area (Å²) in [4.78, 5) is 39.7. The van der Waals surface area contributed by atoms with Gasteiger partial charge in [0.1, 0.15) is 18.3 Å². The van der Waals surface area contributed by atoms with E-state index in [1.54, 1.807) is 44.2 Å². The molecule has 2 unspecified atom stereocenters. The number of esters is 3. The molecule has 2 heterocycles. The molecule has 0 spiro atoms. The standard InChI is InChI=1S/C34H42O10/c1-8-24-41-22-16-23-34(17-39-23,44-20(4)36)27-29(43-30(37)21-12-10-9-11-13-21)33(31(5,6)38)15-14-18(2)25(33)26(40-19(3)35)28(42-24)32(22,27)7/h8-13,22-24,26-29,38H,1,14-17H2,2-7H3/t22-,23?,24-,26+,27?,28-,29-,32+,33-,34-/m0/s1. The minimum atomic E-state index is -1.51. The lowest BCUT2D eigenvalue weighted by atomic mass is 9.49. The SMILES string of the molecule is C=C[C@H]1O[C@H]2CC3OC[C@@]3(OC(C)=O)C3[C@H](OC(=O)c4ccccc4)[C@]4(C(C)(C)O)CCC(C)=C4[C@@H](OC(C)=O)[C@H](O1)[C@@]32C. The van der Waals surface area contributed by atoms with Crippen molar-refractivity contribution in [3.05, 3.63) is 59.7 Å². The highest BCUT2D eigenvalue weighted by atomic mass is 16.7. The lowest BCUT2D eigenvalue weighted by Crippen LogP contribution is -2.80. The molecule has 1 aromatic carbocycles. The van der Waals surface area contributed by atoms with Crippen molar-refractivity contribution in [2.75, 3.05) is 6.61 Å². The van der Waals surface area contributed by atoms with Crippen molar-refractivity contribution in [2.24, 2.45) is 16.7 Å². The second kappa shape index (κ2) is 10.5. The molecule has 0 amide bonds. The summed E-state index contributed by atoms with van der Waals surface area (Å²) in [5.41, 5.74) is -3.18. The number of ether oxygens (including phenoxy) is 6. The van der Waals surface area contributed by atoms with E-state index < -0.39 is 82.7 Å². The number of rotatable bonds is 6. The summed E-state index contributed by atoms with van der Waals surface area (Å²) in [7, 11) is 0. The number of allylic oxidation sites excluding steroid dienone is 1. The molecule has 1 N–H and O–H groups in total. The second-order valence-corrected chi connectivity index (χ2v) is 13.7. The first kappa shape index (κ1) is 31.0. The molecule has 5 aliphatic rings. The maximum Gasteiger partial charge on any atom is 0.338 e. The Morgan fingerprint density at radius 3 is 2.34 bits per heavy atom. The van der Waals surface area contributed by atoms with Gasteiger partial charge in [-0.3, -0.25) is 9.59 Å². The molecular weight excluding hydrogens is 568 g/mol. The van der Waals surface area contributed by atoms with Crippen molar-refractivity contribution < 1.29 is 47.9 Å². The smallest absolute Gasteiger partial charge is 0.338 e. The minimum Gasteiger partial charge on any atom is -0.457 e.